The van der Waals surface area contributed by atoms with Crippen molar-refractivity contribution < 1.29 is 9.84 Å². The third kappa shape index (κ3) is 7.26. The van der Waals surface area contributed by atoms with Gasteiger partial charge in [0.2, 0.25) is 0 Å². The number of ether oxygens (including phenoxy) is 1. The summed E-state index contributed by atoms with van der Waals surface area (Å²) in [5.41, 5.74) is 0. The fourth-order valence-corrected chi connectivity index (χ4v) is 1.42. The molecule has 0 aromatic heterocycles. The van der Waals surface area contributed by atoms with Gasteiger partial charge in [0.25, 0.3) is 0 Å². The van der Waals surface area contributed by atoms with E-state index < -0.39 is 0 Å². The Morgan fingerprint density at radius 3 is 2.71 bits per heavy atom. The van der Waals surface area contributed by atoms with Crippen molar-refractivity contribution in [1.29, 1.82) is 0 Å². The summed E-state index contributed by atoms with van der Waals surface area (Å²) in [5.74, 6) is 0. The van der Waals surface area contributed by atoms with Gasteiger partial charge in [-0.1, -0.05) is 6.92 Å². The van der Waals surface area contributed by atoms with E-state index >= 15 is 0 Å². The molecule has 0 spiro atoms. The van der Waals surface area contributed by atoms with Crippen LogP contribution in [0.3, 0.4) is 0 Å². The SMILES string of the molecule is CCNC(CO)CN(C)CCCOC. The topological polar surface area (TPSA) is 44.7 Å². The fraction of sp³-hybridized carbons (Fsp3) is 1.00. The summed E-state index contributed by atoms with van der Waals surface area (Å²) in [4.78, 5) is 2.21. The maximum atomic E-state index is 9.06. The van der Waals surface area contributed by atoms with Crippen LogP contribution in [0.2, 0.25) is 0 Å². The quantitative estimate of drug-likeness (QED) is 0.516. The molecule has 0 saturated carbocycles. The van der Waals surface area contributed by atoms with Gasteiger partial charge in [-0.25, -0.2) is 0 Å². The molecule has 0 heterocycles. The molecule has 0 fully saturated rings. The maximum absolute atomic E-state index is 9.06. The van der Waals surface area contributed by atoms with Crippen molar-refractivity contribution in [2.75, 3.05) is 47.0 Å². The molecule has 0 aromatic carbocycles. The van der Waals surface area contributed by atoms with E-state index in [1.807, 2.05) is 6.92 Å². The lowest BCUT2D eigenvalue weighted by molar-refractivity contribution is 0.165. The Balaban J connectivity index is 3.51. The molecule has 1 atom stereocenters. The van der Waals surface area contributed by atoms with Crippen LogP contribution in [-0.2, 0) is 4.74 Å². The van der Waals surface area contributed by atoms with Gasteiger partial charge in [0.05, 0.1) is 6.61 Å². The molecule has 0 radical (unpaired) electrons. The normalized spacial score (nSPS) is 13.5. The van der Waals surface area contributed by atoms with Crippen molar-refractivity contribution in [2.24, 2.45) is 0 Å². The standard InChI is InChI=1S/C10H24N2O2/c1-4-11-10(9-13)8-12(2)6-5-7-14-3/h10-11,13H,4-9H2,1-3H3. The van der Waals surface area contributed by atoms with Gasteiger partial charge in [0, 0.05) is 32.8 Å². The Morgan fingerprint density at radius 1 is 1.50 bits per heavy atom. The molecule has 0 amide bonds. The summed E-state index contributed by atoms with van der Waals surface area (Å²) >= 11 is 0. The Kier molecular flexibility index (Phi) is 9.29. The molecule has 1 unspecified atom stereocenters. The van der Waals surface area contributed by atoms with E-state index in [0.29, 0.717) is 0 Å². The maximum Gasteiger partial charge on any atom is 0.0597 e. The van der Waals surface area contributed by atoms with E-state index in [-0.39, 0.29) is 12.6 Å². The summed E-state index contributed by atoms with van der Waals surface area (Å²) in [7, 11) is 3.78. The van der Waals surface area contributed by atoms with Crippen LogP contribution in [0, 0.1) is 0 Å². The average molecular weight is 204 g/mol. The predicted octanol–water partition coefficient (Wildman–Crippen LogP) is -0.0749. The molecule has 0 aliphatic rings. The Labute approximate surface area is 87.2 Å². The minimum atomic E-state index is 0.188. The summed E-state index contributed by atoms with van der Waals surface area (Å²) in [6.45, 7) is 5.84. The number of methoxy groups -OCH3 is 1. The van der Waals surface area contributed by atoms with Gasteiger partial charge in [-0.15, -0.1) is 0 Å². The number of nitrogens with zero attached hydrogens (tertiary/aromatic N) is 1. The molecule has 0 rings (SSSR count). The van der Waals surface area contributed by atoms with Gasteiger partial charge in [-0.05, 0) is 20.0 Å². The zero-order valence-corrected chi connectivity index (χ0v) is 9.62. The third-order valence-corrected chi connectivity index (χ3v) is 2.13. The van der Waals surface area contributed by atoms with Crippen LogP contribution in [-0.4, -0.2) is 63.1 Å². The van der Waals surface area contributed by atoms with Gasteiger partial charge < -0.3 is 20.1 Å². The van der Waals surface area contributed by atoms with Crippen LogP contribution in [0.5, 0.6) is 0 Å². The van der Waals surface area contributed by atoms with E-state index in [2.05, 4.69) is 17.3 Å². The number of aliphatic hydroxyl groups excluding tert-OH is 1. The van der Waals surface area contributed by atoms with E-state index in [4.69, 9.17) is 9.84 Å². The van der Waals surface area contributed by atoms with E-state index in [0.717, 1.165) is 32.7 Å². The zero-order chi connectivity index (χ0) is 10.8. The van der Waals surface area contributed by atoms with Gasteiger partial charge in [-0.2, -0.15) is 0 Å². The number of hydrogen-bond acceptors (Lipinski definition) is 4. The smallest absolute Gasteiger partial charge is 0.0597 e. The first kappa shape index (κ1) is 13.8. The lowest BCUT2D eigenvalue weighted by Crippen LogP contribution is -2.42. The van der Waals surface area contributed by atoms with Crippen LogP contribution in [0.15, 0.2) is 0 Å². The monoisotopic (exact) mass is 204 g/mol. The summed E-state index contributed by atoms with van der Waals surface area (Å²) in [5, 5.41) is 12.3. The molecular weight excluding hydrogens is 180 g/mol. The molecule has 0 aliphatic heterocycles. The lowest BCUT2D eigenvalue weighted by Gasteiger charge is -2.22. The number of rotatable bonds is 9. The first-order valence-electron chi connectivity index (χ1n) is 5.26. The second-order valence-corrected chi connectivity index (χ2v) is 3.55. The highest BCUT2D eigenvalue weighted by Crippen LogP contribution is 1.91. The van der Waals surface area contributed by atoms with E-state index in [1.54, 1.807) is 7.11 Å². The second kappa shape index (κ2) is 9.40. The molecule has 0 aliphatic carbocycles. The van der Waals surface area contributed by atoms with Crippen molar-refractivity contribution >= 4 is 0 Å². The minimum Gasteiger partial charge on any atom is -0.395 e. The highest BCUT2D eigenvalue weighted by atomic mass is 16.5. The van der Waals surface area contributed by atoms with Gasteiger partial charge >= 0.3 is 0 Å². The molecule has 4 heteroatoms. The van der Waals surface area contributed by atoms with Crippen LogP contribution >= 0.6 is 0 Å². The molecule has 2 N–H and O–H groups in total. The summed E-state index contributed by atoms with van der Waals surface area (Å²) in [6.07, 6.45) is 1.04. The number of likely N-dealkylation sites (N-methyl/N-ethyl adjacent to an activating group) is 2. The summed E-state index contributed by atoms with van der Waals surface area (Å²) in [6, 6.07) is 0.188. The van der Waals surface area contributed by atoms with Crippen molar-refractivity contribution in [2.45, 2.75) is 19.4 Å². The average Bonchev–Trinajstić information content (AvgIpc) is 2.17. The van der Waals surface area contributed by atoms with Crippen LogP contribution < -0.4 is 5.32 Å². The van der Waals surface area contributed by atoms with Crippen molar-refractivity contribution in [3.05, 3.63) is 0 Å². The van der Waals surface area contributed by atoms with Crippen LogP contribution in [0.1, 0.15) is 13.3 Å². The molecule has 0 saturated heterocycles. The largest absolute Gasteiger partial charge is 0.395 e. The molecule has 86 valence electrons. The van der Waals surface area contributed by atoms with Gasteiger partial charge in [0.15, 0.2) is 0 Å². The first-order chi connectivity index (χ1) is 6.74. The van der Waals surface area contributed by atoms with Crippen LogP contribution in [0.4, 0.5) is 0 Å². The van der Waals surface area contributed by atoms with E-state index in [9.17, 15) is 0 Å². The van der Waals surface area contributed by atoms with Crippen molar-refractivity contribution in [1.82, 2.24) is 10.2 Å². The minimum absolute atomic E-state index is 0.188. The number of hydrogen-bond donors (Lipinski definition) is 2. The lowest BCUT2D eigenvalue weighted by atomic mass is 10.3. The zero-order valence-electron chi connectivity index (χ0n) is 9.62. The molecule has 0 aromatic rings. The fourth-order valence-electron chi connectivity index (χ4n) is 1.42. The molecular formula is C10H24N2O2. The van der Waals surface area contributed by atoms with E-state index in [1.165, 1.54) is 0 Å². The summed E-state index contributed by atoms with van der Waals surface area (Å²) < 4.78 is 4.98. The molecule has 0 bridgehead atoms. The Hall–Kier alpha value is -0.160. The van der Waals surface area contributed by atoms with Crippen molar-refractivity contribution in [3.63, 3.8) is 0 Å². The third-order valence-electron chi connectivity index (χ3n) is 2.13. The second-order valence-electron chi connectivity index (χ2n) is 3.55. The van der Waals surface area contributed by atoms with Gasteiger partial charge in [0.1, 0.15) is 0 Å². The van der Waals surface area contributed by atoms with Crippen LogP contribution in [0.25, 0.3) is 0 Å². The highest BCUT2D eigenvalue weighted by Gasteiger charge is 2.08. The predicted molar refractivity (Wildman–Crippen MR) is 58.5 cm³/mol. The molecule has 14 heavy (non-hydrogen) atoms. The highest BCUT2D eigenvalue weighted by molar-refractivity contribution is 4.68. The molecule has 4 nitrogen and oxygen atoms in total. The Bertz CT molecular complexity index is 123. The number of aliphatic hydroxyl groups is 1. The van der Waals surface area contributed by atoms with Gasteiger partial charge in [-0.3, -0.25) is 0 Å². The Morgan fingerprint density at radius 2 is 2.21 bits per heavy atom. The number of nitrogens with one attached hydrogen (secondary N) is 1. The first-order valence-corrected chi connectivity index (χ1v) is 5.26. The van der Waals surface area contributed by atoms with Crippen molar-refractivity contribution in [3.8, 4) is 0 Å².